The maximum absolute atomic E-state index is 13.5. The van der Waals surface area contributed by atoms with E-state index in [0.717, 1.165) is 13.1 Å². The highest BCUT2D eigenvalue weighted by Crippen LogP contribution is 2.38. The minimum absolute atomic E-state index is 0.343. The van der Waals surface area contributed by atoms with Crippen molar-refractivity contribution in [3.05, 3.63) is 59.4 Å². The van der Waals surface area contributed by atoms with Crippen molar-refractivity contribution in [3.8, 4) is 5.75 Å². The minimum atomic E-state index is -1.09. The van der Waals surface area contributed by atoms with Gasteiger partial charge in [0, 0.05) is 18.0 Å². The molecular weight excluding hydrogens is 394 g/mol. The summed E-state index contributed by atoms with van der Waals surface area (Å²) in [5, 5.41) is 0. The van der Waals surface area contributed by atoms with Gasteiger partial charge in [-0.2, -0.15) is 0 Å². The molecule has 1 amide bonds. The molecule has 7 nitrogen and oxygen atoms in total. The summed E-state index contributed by atoms with van der Waals surface area (Å²) in [7, 11) is 1.56. The van der Waals surface area contributed by atoms with Crippen molar-refractivity contribution >= 4 is 17.5 Å². The summed E-state index contributed by atoms with van der Waals surface area (Å²) in [5.74, 6) is -2.04. The van der Waals surface area contributed by atoms with Crippen molar-refractivity contribution in [2.75, 3.05) is 33.3 Å². The molecule has 1 saturated heterocycles. The molecule has 0 aliphatic carbocycles. The maximum Gasteiger partial charge on any atom is 0.291 e. The van der Waals surface area contributed by atoms with E-state index in [0.29, 0.717) is 35.5 Å². The number of aromatic nitrogens is 1. The number of amides is 1. The fraction of sp³-hybridized carbons (Fsp3) is 0.417. The number of nitrogens with zero attached hydrogens (tertiary/aromatic N) is 2. The summed E-state index contributed by atoms with van der Waals surface area (Å²) in [6, 6.07) is 8.05. The highest BCUT2D eigenvalue weighted by Gasteiger charge is 2.52. The summed E-state index contributed by atoms with van der Waals surface area (Å²) in [4.78, 5) is 46.6. The van der Waals surface area contributed by atoms with Gasteiger partial charge in [-0.3, -0.25) is 19.4 Å². The number of pyridine rings is 1. The molecule has 164 valence electrons. The second-order valence-corrected chi connectivity index (χ2v) is 7.82. The van der Waals surface area contributed by atoms with Crippen LogP contribution in [0.5, 0.6) is 5.75 Å². The third-order valence-corrected chi connectivity index (χ3v) is 6.12. The number of nitrogens with one attached hydrogen (secondary N) is 1. The number of hydrogen-bond acceptors (Lipinski definition) is 5. The highest BCUT2D eigenvalue weighted by atomic mass is 16.5. The van der Waals surface area contributed by atoms with Crippen molar-refractivity contribution in [2.45, 2.75) is 26.8 Å². The number of likely N-dealkylation sites (tertiary alicyclic amines) is 1. The third kappa shape index (κ3) is 4.51. The number of likely N-dealkylation sites (N-methyl/N-ethyl adjacent to an activating group) is 1. The Labute approximate surface area is 183 Å². The van der Waals surface area contributed by atoms with Crippen LogP contribution in [0.4, 0.5) is 0 Å². The van der Waals surface area contributed by atoms with E-state index in [9.17, 15) is 14.4 Å². The Balaban J connectivity index is 2.00. The molecule has 31 heavy (non-hydrogen) atoms. The molecule has 0 bridgehead atoms. The second-order valence-electron chi connectivity index (χ2n) is 7.82. The van der Waals surface area contributed by atoms with E-state index in [1.54, 1.807) is 55.6 Å². The smallest absolute Gasteiger partial charge is 0.291 e. The van der Waals surface area contributed by atoms with Crippen molar-refractivity contribution in [1.29, 1.82) is 0 Å². The molecule has 7 heteroatoms. The van der Waals surface area contributed by atoms with Gasteiger partial charge in [-0.15, -0.1) is 0 Å². The van der Waals surface area contributed by atoms with Gasteiger partial charge in [-0.1, -0.05) is 6.07 Å². The lowest BCUT2D eigenvalue weighted by Gasteiger charge is -2.28. The van der Waals surface area contributed by atoms with Crippen molar-refractivity contribution in [3.63, 3.8) is 0 Å². The Morgan fingerprint density at radius 3 is 2.52 bits per heavy atom. The lowest BCUT2D eigenvalue weighted by atomic mass is 9.85. The van der Waals surface area contributed by atoms with Gasteiger partial charge in [0.15, 0.2) is 5.78 Å². The van der Waals surface area contributed by atoms with Crippen LogP contribution in [0, 0.1) is 12.8 Å². The van der Waals surface area contributed by atoms with E-state index in [-0.39, 0.29) is 5.78 Å². The lowest BCUT2D eigenvalue weighted by Crippen LogP contribution is -3.12. The number of methoxy groups -OCH3 is 1. The first-order valence-electron chi connectivity index (χ1n) is 10.7. The Bertz CT molecular complexity index is 957. The van der Waals surface area contributed by atoms with Crippen LogP contribution in [-0.4, -0.2) is 60.6 Å². The summed E-state index contributed by atoms with van der Waals surface area (Å²) >= 11 is 0. The van der Waals surface area contributed by atoms with Crippen LogP contribution in [0.3, 0.4) is 0 Å². The number of hydrogen-bond donors (Lipinski definition) is 1. The monoisotopic (exact) mass is 424 g/mol. The van der Waals surface area contributed by atoms with E-state index >= 15 is 0 Å². The van der Waals surface area contributed by atoms with E-state index in [4.69, 9.17) is 4.74 Å². The second kappa shape index (κ2) is 9.83. The predicted octanol–water partition coefficient (Wildman–Crippen LogP) is 1.27. The molecule has 1 aromatic heterocycles. The number of quaternary nitrogens is 1. The topological polar surface area (TPSA) is 81.0 Å². The van der Waals surface area contributed by atoms with Gasteiger partial charge in [-0.05, 0) is 56.2 Å². The fourth-order valence-electron chi connectivity index (χ4n) is 4.24. The Hall–Kier alpha value is -3.06. The maximum atomic E-state index is 13.5. The minimum Gasteiger partial charge on any atom is -0.497 e. The first-order valence-corrected chi connectivity index (χ1v) is 10.7. The van der Waals surface area contributed by atoms with E-state index in [2.05, 4.69) is 18.8 Å². The van der Waals surface area contributed by atoms with Gasteiger partial charge < -0.3 is 14.5 Å². The van der Waals surface area contributed by atoms with Crippen LogP contribution in [0.25, 0.3) is 0 Å². The van der Waals surface area contributed by atoms with Crippen LogP contribution in [0.2, 0.25) is 0 Å². The molecule has 2 aromatic rings. The largest absolute Gasteiger partial charge is 0.497 e. The number of carbonyl (C=O) groups excluding carboxylic acids is 3. The van der Waals surface area contributed by atoms with Gasteiger partial charge in [0.1, 0.15) is 11.7 Å². The molecule has 2 heterocycles. The molecule has 1 aliphatic rings. The lowest BCUT2D eigenvalue weighted by molar-refractivity contribution is -0.895. The molecule has 3 rings (SSSR count). The molecule has 0 spiro atoms. The summed E-state index contributed by atoms with van der Waals surface area (Å²) < 4.78 is 5.23. The number of benzene rings is 1. The third-order valence-electron chi connectivity index (χ3n) is 6.12. The number of carbonyl (C=O) groups is 3. The summed E-state index contributed by atoms with van der Waals surface area (Å²) in [6.07, 6.45) is 3.27. The average Bonchev–Trinajstić information content (AvgIpc) is 3.04. The van der Waals surface area contributed by atoms with Gasteiger partial charge in [0.05, 0.1) is 39.3 Å². The molecule has 0 radical (unpaired) electrons. The van der Waals surface area contributed by atoms with E-state index in [1.165, 1.54) is 4.90 Å². The zero-order valence-corrected chi connectivity index (χ0v) is 18.6. The number of aryl methyl sites for hydroxylation is 1. The first-order chi connectivity index (χ1) is 14.9. The van der Waals surface area contributed by atoms with Crippen molar-refractivity contribution in [2.24, 2.45) is 5.92 Å². The number of Topliss-reactive ketones (excluding diaryl/α,β-unsaturated/α-hetero) is 2. The quantitative estimate of drug-likeness (QED) is 0.373. The van der Waals surface area contributed by atoms with Crippen LogP contribution >= 0.6 is 0 Å². The zero-order valence-electron chi connectivity index (χ0n) is 18.6. The summed E-state index contributed by atoms with van der Waals surface area (Å²) in [5.41, 5.74) is 1.83. The van der Waals surface area contributed by atoms with Crippen LogP contribution in [-0.2, 0) is 9.59 Å². The van der Waals surface area contributed by atoms with Gasteiger partial charge in [0.2, 0.25) is 5.78 Å². The van der Waals surface area contributed by atoms with E-state index < -0.39 is 23.7 Å². The Morgan fingerprint density at radius 2 is 1.94 bits per heavy atom. The standard InChI is InChI=1S/C24H29N3O4/c1-5-26(6-2)12-13-27-21(17-8-7-11-25-15-17)20(23(29)24(27)30)22(28)19-10-9-18(31-4)14-16(19)3/h7-11,14-15,20-21H,5-6,12-13H2,1-4H3/p+1. The molecule has 2 unspecified atom stereocenters. The molecule has 1 fully saturated rings. The van der Waals surface area contributed by atoms with Gasteiger partial charge in [-0.25, -0.2) is 0 Å². The van der Waals surface area contributed by atoms with Crippen molar-refractivity contribution in [1.82, 2.24) is 9.88 Å². The zero-order chi connectivity index (χ0) is 22.5. The van der Waals surface area contributed by atoms with Crippen LogP contribution in [0.15, 0.2) is 42.7 Å². The molecule has 1 aliphatic heterocycles. The summed E-state index contributed by atoms with van der Waals surface area (Å²) in [6.45, 7) is 8.96. The fourth-order valence-corrected chi connectivity index (χ4v) is 4.24. The predicted molar refractivity (Wildman–Crippen MR) is 116 cm³/mol. The molecule has 2 atom stereocenters. The molecule has 0 saturated carbocycles. The van der Waals surface area contributed by atoms with Crippen LogP contribution in [0.1, 0.15) is 41.4 Å². The Kier molecular flexibility index (Phi) is 7.17. The number of ether oxygens (including phenoxy) is 1. The molecule has 1 N–H and O–H groups in total. The van der Waals surface area contributed by atoms with E-state index in [1.807, 2.05) is 6.07 Å². The number of rotatable bonds is 9. The van der Waals surface area contributed by atoms with Gasteiger partial charge >= 0.3 is 0 Å². The SMILES string of the molecule is CC[NH+](CC)CCN1C(=O)C(=O)C(C(=O)c2ccc(OC)cc2C)C1c1cccnc1. The molecule has 1 aromatic carbocycles. The van der Waals surface area contributed by atoms with Gasteiger partial charge in [0.25, 0.3) is 5.91 Å². The Morgan fingerprint density at radius 1 is 1.19 bits per heavy atom. The normalized spacial score (nSPS) is 18.7. The number of ketones is 2. The van der Waals surface area contributed by atoms with Crippen molar-refractivity contribution < 1.29 is 24.0 Å². The first kappa shape index (κ1) is 22.6. The highest BCUT2D eigenvalue weighted by molar-refractivity contribution is 6.44. The van der Waals surface area contributed by atoms with Crippen LogP contribution < -0.4 is 9.64 Å². The molecular formula is C24H30N3O4+. The average molecular weight is 425 g/mol.